The number of carbonyl (C=O) groups excluding carboxylic acids is 1. The molecule has 34 heavy (non-hydrogen) atoms. The summed E-state index contributed by atoms with van der Waals surface area (Å²) in [7, 11) is 0. The smallest absolute Gasteiger partial charge is 0.419 e. The molecule has 176 valence electrons. The number of benzene rings is 2. The molecule has 0 saturated heterocycles. The van der Waals surface area contributed by atoms with Gasteiger partial charge in [0.25, 0.3) is 0 Å². The van der Waals surface area contributed by atoms with Crippen molar-refractivity contribution in [2.45, 2.75) is 6.18 Å². The molecule has 0 atom stereocenters. The second kappa shape index (κ2) is 10.0. The number of carbonyl (C=O) groups is 1. The third-order valence-electron chi connectivity index (χ3n) is 4.37. The van der Waals surface area contributed by atoms with Gasteiger partial charge in [-0.1, -0.05) is 23.2 Å². The van der Waals surface area contributed by atoms with Gasteiger partial charge in [-0.2, -0.15) is 18.4 Å². The molecule has 0 unspecified atom stereocenters. The maximum absolute atomic E-state index is 13.1. The topological polar surface area (TPSA) is 130 Å². The third-order valence-corrected chi connectivity index (χ3v) is 4.89. The van der Waals surface area contributed by atoms with Gasteiger partial charge in [-0.25, -0.2) is 5.84 Å². The average molecular weight is 511 g/mol. The number of alkyl halides is 3. The zero-order valence-corrected chi connectivity index (χ0v) is 18.5. The fourth-order valence-electron chi connectivity index (χ4n) is 2.88. The van der Waals surface area contributed by atoms with E-state index in [1.807, 2.05) is 6.07 Å². The van der Waals surface area contributed by atoms with Crippen LogP contribution >= 0.6 is 23.2 Å². The van der Waals surface area contributed by atoms with Crippen LogP contribution in [0.15, 0.2) is 48.8 Å². The quantitative estimate of drug-likeness (QED) is 0.242. The summed E-state index contributed by atoms with van der Waals surface area (Å²) in [5.74, 6) is 5.26. The van der Waals surface area contributed by atoms with Gasteiger partial charge >= 0.3 is 6.18 Å². The van der Waals surface area contributed by atoms with E-state index < -0.39 is 29.9 Å². The van der Waals surface area contributed by atoms with E-state index in [1.165, 1.54) is 30.3 Å². The summed E-state index contributed by atoms with van der Waals surface area (Å²) >= 11 is 12.2. The van der Waals surface area contributed by atoms with Crippen molar-refractivity contribution in [2.75, 3.05) is 22.6 Å². The molecule has 5 N–H and O–H groups in total. The Morgan fingerprint density at radius 2 is 1.97 bits per heavy atom. The highest BCUT2D eigenvalue weighted by Gasteiger charge is 2.34. The minimum atomic E-state index is -4.71. The Hall–Kier alpha value is -3.72. The van der Waals surface area contributed by atoms with E-state index in [1.54, 1.807) is 0 Å². The Morgan fingerprint density at radius 3 is 2.65 bits per heavy atom. The van der Waals surface area contributed by atoms with E-state index in [0.717, 1.165) is 17.3 Å². The molecule has 1 amide bonds. The fourth-order valence-corrected chi connectivity index (χ4v) is 3.31. The zero-order valence-electron chi connectivity index (χ0n) is 17.0. The number of hydrazine groups is 1. The molecule has 0 aliphatic rings. The van der Waals surface area contributed by atoms with E-state index in [-0.39, 0.29) is 38.5 Å². The molecule has 0 bridgehead atoms. The number of ether oxygens (including phenoxy) is 1. The number of anilines is 3. The van der Waals surface area contributed by atoms with Crippen LogP contribution in [0.1, 0.15) is 11.1 Å². The number of halogens is 5. The number of rotatable bonds is 6. The van der Waals surface area contributed by atoms with Crippen LogP contribution in [0.4, 0.5) is 30.2 Å². The molecule has 0 radical (unpaired) electrons. The van der Waals surface area contributed by atoms with Gasteiger partial charge < -0.3 is 15.8 Å². The second-order valence-electron chi connectivity index (χ2n) is 6.79. The third kappa shape index (κ3) is 5.79. The van der Waals surface area contributed by atoms with Crippen molar-refractivity contribution in [2.24, 2.45) is 5.84 Å². The van der Waals surface area contributed by atoms with E-state index >= 15 is 0 Å². The predicted octanol–water partition coefficient (Wildman–Crippen LogP) is 4.97. The Morgan fingerprint density at radius 1 is 1.24 bits per heavy atom. The van der Waals surface area contributed by atoms with Crippen LogP contribution in [0.2, 0.25) is 10.0 Å². The summed E-state index contributed by atoms with van der Waals surface area (Å²) < 4.78 is 45.1. The van der Waals surface area contributed by atoms with Gasteiger partial charge in [-0.15, -0.1) is 0 Å². The Labute approximate surface area is 201 Å². The molecule has 1 heterocycles. The normalized spacial score (nSPS) is 11.0. The maximum atomic E-state index is 13.1. The number of nitriles is 1. The molecule has 13 heteroatoms. The van der Waals surface area contributed by atoms with Crippen molar-refractivity contribution in [3.05, 3.63) is 70.0 Å². The summed E-state index contributed by atoms with van der Waals surface area (Å²) in [6.07, 6.45) is -3.00. The highest BCUT2D eigenvalue weighted by molar-refractivity contribution is 6.33. The molecule has 1 aromatic heterocycles. The number of nitrogens with zero attached hydrogens (tertiary/aromatic N) is 3. The number of pyridine rings is 1. The lowest BCUT2D eigenvalue weighted by Crippen LogP contribution is -2.39. The molecule has 8 nitrogen and oxygen atoms in total. The molecule has 0 spiro atoms. The van der Waals surface area contributed by atoms with Gasteiger partial charge in [-0.05, 0) is 36.4 Å². The monoisotopic (exact) mass is 510 g/mol. The molecule has 0 aliphatic heterocycles. The number of nitrogen functional groups attached to an aromatic ring is 1. The summed E-state index contributed by atoms with van der Waals surface area (Å²) in [4.78, 5) is 15.8. The molecule has 3 aromatic rings. The first-order chi connectivity index (χ1) is 16.0. The number of hydrogen-bond donors (Lipinski definition) is 3. The number of nitrogens with one attached hydrogen (secondary N) is 1. The lowest BCUT2D eigenvalue weighted by atomic mass is 10.2. The second-order valence-corrected chi connectivity index (χ2v) is 7.64. The van der Waals surface area contributed by atoms with Crippen molar-refractivity contribution in [3.63, 3.8) is 0 Å². The van der Waals surface area contributed by atoms with Crippen molar-refractivity contribution in [3.8, 4) is 17.6 Å². The van der Waals surface area contributed by atoms with Gasteiger partial charge in [0, 0.05) is 17.4 Å². The van der Waals surface area contributed by atoms with Crippen LogP contribution < -0.4 is 26.6 Å². The average Bonchev–Trinajstić information content (AvgIpc) is 2.75. The number of nitrogens with two attached hydrogens (primary N) is 2. The van der Waals surface area contributed by atoms with Crippen LogP contribution in [0.3, 0.4) is 0 Å². The summed E-state index contributed by atoms with van der Waals surface area (Å²) in [6, 6.07) is 10.0. The van der Waals surface area contributed by atoms with Gasteiger partial charge in [0.1, 0.15) is 18.0 Å². The van der Waals surface area contributed by atoms with Crippen molar-refractivity contribution < 1.29 is 22.7 Å². The first-order valence-electron chi connectivity index (χ1n) is 9.29. The molecule has 0 aliphatic carbocycles. The lowest BCUT2D eigenvalue weighted by Gasteiger charge is -2.22. The summed E-state index contributed by atoms with van der Waals surface area (Å²) in [6.45, 7) is -0.555. The molecular formula is C21H15Cl2F3N6O2. The Kier molecular flexibility index (Phi) is 7.36. The highest BCUT2D eigenvalue weighted by atomic mass is 35.5. The van der Waals surface area contributed by atoms with Gasteiger partial charge in [-0.3, -0.25) is 14.8 Å². The van der Waals surface area contributed by atoms with Gasteiger partial charge in [0.15, 0.2) is 5.75 Å². The van der Waals surface area contributed by atoms with Crippen LogP contribution in [0.5, 0.6) is 11.5 Å². The largest absolute Gasteiger partial charge is 0.453 e. The molecular weight excluding hydrogens is 496 g/mol. The van der Waals surface area contributed by atoms with E-state index in [9.17, 15) is 18.0 Å². The van der Waals surface area contributed by atoms with Crippen LogP contribution in [-0.4, -0.2) is 17.4 Å². The summed E-state index contributed by atoms with van der Waals surface area (Å²) in [5.41, 5.74) is 4.85. The van der Waals surface area contributed by atoms with Crippen molar-refractivity contribution in [1.29, 1.82) is 5.26 Å². The first kappa shape index (κ1) is 24.9. The molecule has 0 fully saturated rings. The van der Waals surface area contributed by atoms with E-state index in [2.05, 4.69) is 10.3 Å². The highest BCUT2D eigenvalue weighted by Crippen LogP contribution is 2.41. The van der Waals surface area contributed by atoms with Crippen molar-refractivity contribution >= 4 is 46.2 Å². The van der Waals surface area contributed by atoms with Crippen LogP contribution in [0, 0.1) is 11.3 Å². The van der Waals surface area contributed by atoms with E-state index in [4.69, 9.17) is 44.8 Å². The summed E-state index contributed by atoms with van der Waals surface area (Å²) in [5, 5.41) is 12.5. The Balaban J connectivity index is 1.81. The van der Waals surface area contributed by atoms with E-state index in [0.29, 0.717) is 6.20 Å². The molecule has 0 saturated carbocycles. The Bertz CT molecular complexity index is 1280. The minimum Gasteiger partial charge on any atom is -0.453 e. The van der Waals surface area contributed by atoms with Crippen LogP contribution in [0.25, 0.3) is 0 Å². The van der Waals surface area contributed by atoms with Gasteiger partial charge in [0.2, 0.25) is 5.91 Å². The minimum absolute atomic E-state index is 0.0188. The van der Waals surface area contributed by atoms with Crippen molar-refractivity contribution in [1.82, 2.24) is 4.98 Å². The van der Waals surface area contributed by atoms with Crippen LogP contribution in [-0.2, 0) is 11.0 Å². The number of amides is 1. The maximum Gasteiger partial charge on any atom is 0.419 e. The SMILES string of the molecule is N#Cc1cc(Cl)cc(Oc2c(Cl)ccc(N(N)CC(=O)Nc3ccncc3C(F)(F)F)c2N)c1. The molecule has 2 aromatic carbocycles. The molecule has 3 rings (SSSR count). The lowest BCUT2D eigenvalue weighted by molar-refractivity contribution is -0.137. The zero-order chi connectivity index (χ0) is 25.0. The number of aromatic nitrogens is 1. The first-order valence-corrected chi connectivity index (χ1v) is 10.0. The standard InChI is InChI=1S/C21H15Cl2F3N6O2/c22-12-5-11(8-27)6-13(7-12)34-20-15(23)1-2-17(19(20)28)32(29)10-18(33)31-16-3-4-30-9-14(16)21(24,25)26/h1-7,9H,10,28-29H2,(H,30,31,33). The fraction of sp³-hybridized carbons (Fsp3) is 0.0952. The predicted molar refractivity (Wildman–Crippen MR) is 122 cm³/mol. The number of hydrogen-bond acceptors (Lipinski definition) is 7. The van der Waals surface area contributed by atoms with Gasteiger partial charge in [0.05, 0.1) is 33.6 Å².